The molecule has 0 bridgehead atoms. The van der Waals surface area contributed by atoms with Gasteiger partial charge < -0.3 is 18.7 Å². The second-order valence-electron chi connectivity index (χ2n) is 9.73. The van der Waals surface area contributed by atoms with Gasteiger partial charge in [0.2, 0.25) is 5.03 Å². The minimum absolute atomic E-state index is 0.0876. The van der Waals surface area contributed by atoms with E-state index in [1.54, 1.807) is 17.0 Å². The van der Waals surface area contributed by atoms with Gasteiger partial charge in [0.05, 0.1) is 27.5 Å². The van der Waals surface area contributed by atoms with Crippen LogP contribution in [-0.4, -0.2) is 80.5 Å². The molecule has 224 valence electrons. The van der Waals surface area contributed by atoms with E-state index < -0.39 is 26.1 Å². The first-order valence-corrected chi connectivity index (χ1v) is 17.6. The molecule has 1 fully saturated rings. The summed E-state index contributed by atoms with van der Waals surface area (Å²) in [5, 5.41) is 6.98. The molecule has 17 heteroatoms. The third-order valence-electron chi connectivity index (χ3n) is 6.58. The number of rotatable bonds is 9. The quantitative estimate of drug-likeness (QED) is 0.311. The minimum atomic E-state index is -3.77. The van der Waals surface area contributed by atoms with Gasteiger partial charge in [-0.1, -0.05) is 22.8 Å². The molecule has 2 aliphatic rings. The lowest BCUT2D eigenvalue weighted by Gasteiger charge is -2.31. The lowest BCUT2D eigenvalue weighted by atomic mass is 9.97. The van der Waals surface area contributed by atoms with Crippen molar-refractivity contribution in [2.75, 3.05) is 32.2 Å². The normalized spacial score (nSPS) is 17.9. The van der Waals surface area contributed by atoms with Crippen molar-refractivity contribution in [2.24, 2.45) is 5.16 Å². The molecule has 1 amide bonds. The van der Waals surface area contributed by atoms with E-state index >= 15 is 0 Å². The van der Waals surface area contributed by atoms with Gasteiger partial charge in [-0.05, 0) is 25.0 Å². The topological polar surface area (TPSA) is 167 Å². The molecule has 0 spiro atoms. The van der Waals surface area contributed by atoms with Crippen molar-refractivity contribution >= 4 is 54.5 Å². The van der Waals surface area contributed by atoms with Crippen molar-refractivity contribution in [3.05, 3.63) is 57.3 Å². The Kier molecular flexibility index (Phi) is 8.68. The largest absolute Gasteiger partial charge is 0.466 e. The number of likely N-dealkylation sites (tertiary alicyclic amines) is 1. The summed E-state index contributed by atoms with van der Waals surface area (Å²) in [4.78, 5) is 32.5. The molecule has 4 heterocycles. The Balaban J connectivity index is 1.17. The van der Waals surface area contributed by atoms with Gasteiger partial charge in [-0.2, -0.15) is 8.42 Å². The highest BCUT2D eigenvalue weighted by molar-refractivity contribution is 7.90. The van der Waals surface area contributed by atoms with Gasteiger partial charge in [0.15, 0.2) is 28.3 Å². The molecule has 1 unspecified atom stereocenters. The SMILES string of the molecule is CS(=O)(=O)Oc1cccc(Cl)c1C1CC(c2csc(C3CCN(C(=O)COc4nccnc4S(C)(=O)=O)CC3)n2)=NO1. The number of aromatic nitrogens is 3. The van der Waals surface area contributed by atoms with E-state index in [2.05, 4.69) is 15.1 Å². The molecule has 42 heavy (non-hydrogen) atoms. The van der Waals surface area contributed by atoms with E-state index in [0.717, 1.165) is 17.5 Å². The van der Waals surface area contributed by atoms with E-state index in [4.69, 9.17) is 30.3 Å². The van der Waals surface area contributed by atoms with Crippen molar-refractivity contribution in [1.29, 1.82) is 0 Å². The van der Waals surface area contributed by atoms with Crippen LogP contribution >= 0.6 is 22.9 Å². The number of thiazole rings is 1. The number of halogens is 1. The predicted molar refractivity (Wildman–Crippen MR) is 153 cm³/mol. The molecule has 1 atom stereocenters. The molecular weight excluding hydrogens is 630 g/mol. The maximum absolute atomic E-state index is 12.7. The second-order valence-corrected chi connectivity index (χ2v) is 14.5. The van der Waals surface area contributed by atoms with Crippen LogP contribution in [0.5, 0.6) is 11.6 Å². The van der Waals surface area contributed by atoms with Crippen molar-refractivity contribution in [1.82, 2.24) is 19.9 Å². The molecule has 0 N–H and O–H groups in total. The Hall–Kier alpha value is -3.34. The van der Waals surface area contributed by atoms with E-state index in [1.165, 1.54) is 29.8 Å². The number of carbonyl (C=O) groups excluding carboxylic acids is 1. The highest BCUT2D eigenvalue weighted by atomic mass is 35.5. The Morgan fingerprint density at radius 1 is 1.14 bits per heavy atom. The first-order valence-electron chi connectivity index (χ1n) is 12.7. The molecule has 5 rings (SSSR count). The highest BCUT2D eigenvalue weighted by Crippen LogP contribution is 2.40. The van der Waals surface area contributed by atoms with Gasteiger partial charge in [0.1, 0.15) is 5.71 Å². The number of ether oxygens (including phenoxy) is 1. The lowest BCUT2D eigenvalue weighted by molar-refractivity contribution is -0.134. The molecule has 1 aromatic carbocycles. The number of nitrogens with zero attached hydrogens (tertiary/aromatic N) is 5. The van der Waals surface area contributed by atoms with Crippen LogP contribution in [0.3, 0.4) is 0 Å². The average Bonchev–Trinajstić information content (AvgIpc) is 3.61. The smallest absolute Gasteiger partial charge is 0.306 e. The van der Waals surface area contributed by atoms with Gasteiger partial charge in [0, 0.05) is 49.5 Å². The molecule has 0 aliphatic carbocycles. The summed E-state index contributed by atoms with van der Waals surface area (Å²) in [6.45, 7) is 0.627. The summed E-state index contributed by atoms with van der Waals surface area (Å²) in [7, 11) is -7.43. The zero-order valence-corrected chi connectivity index (χ0v) is 25.7. The highest BCUT2D eigenvalue weighted by Gasteiger charge is 2.32. The molecule has 2 aromatic heterocycles. The standard InChI is InChI=1S/C25H26ClN5O8S3/c1-41(33,34)25-23(27-8-9-28-25)37-13-21(32)31-10-6-15(7-11-31)24-29-18(14-40-24)17-12-20(38-30-17)22-16(26)4-3-5-19(22)39-42(2,35)36/h3-5,8-9,14-15,20H,6-7,10-13H2,1-2H3. The first-order chi connectivity index (χ1) is 19.9. The van der Waals surface area contributed by atoms with Crippen LogP contribution in [0, 0.1) is 0 Å². The Morgan fingerprint density at radius 2 is 1.88 bits per heavy atom. The van der Waals surface area contributed by atoms with Crippen LogP contribution in [0.2, 0.25) is 5.02 Å². The van der Waals surface area contributed by atoms with Crippen LogP contribution in [0.15, 0.2) is 46.2 Å². The molecule has 0 radical (unpaired) electrons. The summed E-state index contributed by atoms with van der Waals surface area (Å²) in [6.07, 6.45) is 5.57. The zero-order chi connectivity index (χ0) is 30.1. The minimum Gasteiger partial charge on any atom is -0.466 e. The maximum Gasteiger partial charge on any atom is 0.306 e. The number of sulfone groups is 1. The number of hydrogen-bond acceptors (Lipinski definition) is 13. The summed E-state index contributed by atoms with van der Waals surface area (Å²) in [5.74, 6) is -0.249. The number of piperidine rings is 1. The van der Waals surface area contributed by atoms with Gasteiger partial charge >= 0.3 is 10.1 Å². The molecule has 1 saturated heterocycles. The Morgan fingerprint density at radius 3 is 2.60 bits per heavy atom. The summed E-state index contributed by atoms with van der Waals surface area (Å²) >= 11 is 7.86. The fourth-order valence-corrected chi connectivity index (χ4v) is 7.06. The summed E-state index contributed by atoms with van der Waals surface area (Å²) in [5.41, 5.74) is 1.66. The summed E-state index contributed by atoms with van der Waals surface area (Å²) in [6, 6.07) is 4.73. The summed E-state index contributed by atoms with van der Waals surface area (Å²) < 4.78 is 57.7. The van der Waals surface area contributed by atoms with Crippen molar-refractivity contribution in [3.8, 4) is 11.6 Å². The number of oxime groups is 1. The number of benzene rings is 1. The third kappa shape index (κ3) is 6.99. The van der Waals surface area contributed by atoms with Crippen LogP contribution < -0.4 is 8.92 Å². The van der Waals surface area contributed by atoms with Crippen LogP contribution in [-0.2, 0) is 29.6 Å². The van der Waals surface area contributed by atoms with Crippen molar-refractivity contribution in [2.45, 2.75) is 36.3 Å². The molecule has 0 saturated carbocycles. The first kappa shape index (κ1) is 30.1. The molecule has 3 aromatic rings. The van der Waals surface area contributed by atoms with Gasteiger partial charge in [-0.15, -0.1) is 11.3 Å². The van der Waals surface area contributed by atoms with E-state index in [1.807, 2.05) is 5.38 Å². The number of hydrogen-bond donors (Lipinski definition) is 0. The van der Waals surface area contributed by atoms with E-state index in [0.29, 0.717) is 54.3 Å². The number of amides is 1. The van der Waals surface area contributed by atoms with Gasteiger partial charge in [-0.3, -0.25) is 4.79 Å². The molecular formula is C25H26ClN5O8S3. The zero-order valence-electron chi connectivity index (χ0n) is 22.5. The predicted octanol–water partition coefficient (Wildman–Crippen LogP) is 2.98. The second kappa shape index (κ2) is 12.1. The van der Waals surface area contributed by atoms with Gasteiger partial charge in [0.25, 0.3) is 11.8 Å². The average molecular weight is 656 g/mol. The van der Waals surface area contributed by atoms with Crippen molar-refractivity contribution in [3.63, 3.8) is 0 Å². The number of carbonyl (C=O) groups is 1. The van der Waals surface area contributed by atoms with Crippen LogP contribution in [0.25, 0.3) is 0 Å². The van der Waals surface area contributed by atoms with Crippen molar-refractivity contribution < 1.29 is 35.4 Å². The fraction of sp³-hybridized carbons (Fsp3) is 0.400. The third-order valence-corrected chi connectivity index (χ3v) is 9.38. The maximum atomic E-state index is 12.7. The monoisotopic (exact) mass is 655 g/mol. The fourth-order valence-electron chi connectivity index (χ4n) is 4.62. The Bertz CT molecular complexity index is 1740. The molecule has 2 aliphatic heterocycles. The van der Waals surface area contributed by atoms with E-state index in [9.17, 15) is 21.6 Å². The lowest BCUT2D eigenvalue weighted by Crippen LogP contribution is -2.40. The molecule has 13 nitrogen and oxygen atoms in total. The van der Waals surface area contributed by atoms with Crippen LogP contribution in [0.4, 0.5) is 0 Å². The Labute approximate surface area is 251 Å². The van der Waals surface area contributed by atoms with E-state index in [-0.39, 0.29) is 35.1 Å². The van der Waals surface area contributed by atoms with Gasteiger partial charge in [-0.25, -0.2) is 23.4 Å². The van der Waals surface area contributed by atoms with Crippen LogP contribution in [0.1, 0.15) is 47.5 Å².